The minimum Gasteiger partial charge on any atom is -0.359 e. The summed E-state index contributed by atoms with van der Waals surface area (Å²) in [5, 5.41) is 8.30. The van der Waals surface area contributed by atoms with Crippen molar-refractivity contribution in [3.8, 4) is 0 Å². The Hall–Kier alpha value is -2.33. The summed E-state index contributed by atoms with van der Waals surface area (Å²) in [6, 6.07) is 16.7. The number of anilines is 1. The van der Waals surface area contributed by atoms with E-state index in [1.54, 1.807) is 0 Å². The lowest BCUT2D eigenvalue weighted by Crippen LogP contribution is -2.27. The molecule has 0 saturated heterocycles. The van der Waals surface area contributed by atoms with Crippen molar-refractivity contribution in [1.82, 2.24) is 10.3 Å². The van der Waals surface area contributed by atoms with Crippen LogP contribution in [0.5, 0.6) is 0 Å². The number of nitrogens with one attached hydrogen (secondary N) is 3. The van der Waals surface area contributed by atoms with E-state index in [2.05, 4.69) is 65.9 Å². The van der Waals surface area contributed by atoms with Gasteiger partial charge in [0.25, 0.3) is 0 Å². The van der Waals surface area contributed by atoms with E-state index < -0.39 is 0 Å². The largest absolute Gasteiger partial charge is 0.359 e. The topological polar surface area (TPSA) is 39.8 Å². The zero-order chi connectivity index (χ0) is 15.5. The lowest BCUT2D eigenvalue weighted by atomic mass is 10.1. The maximum absolute atomic E-state index is 5.34. The maximum Gasteiger partial charge on any atom is 0.171 e. The first kappa shape index (κ1) is 14.6. The molecule has 0 aliphatic carbocycles. The van der Waals surface area contributed by atoms with Crippen molar-refractivity contribution in [2.45, 2.75) is 20.4 Å². The van der Waals surface area contributed by atoms with Gasteiger partial charge in [-0.05, 0) is 67.3 Å². The SMILES string of the molecule is Cc1ccc(NC(=S)NCc2ccc3[nH]c(C)cc3c2)cc1. The van der Waals surface area contributed by atoms with Gasteiger partial charge in [0.15, 0.2) is 5.11 Å². The molecule has 0 fully saturated rings. The number of aromatic nitrogens is 1. The van der Waals surface area contributed by atoms with E-state index in [0.29, 0.717) is 11.7 Å². The third-order valence-electron chi connectivity index (χ3n) is 3.58. The van der Waals surface area contributed by atoms with E-state index in [0.717, 1.165) is 5.69 Å². The molecule has 0 atom stereocenters. The van der Waals surface area contributed by atoms with E-state index >= 15 is 0 Å². The molecular formula is C18H19N3S. The summed E-state index contributed by atoms with van der Waals surface area (Å²) in [6.07, 6.45) is 0. The molecule has 0 saturated carbocycles. The van der Waals surface area contributed by atoms with Gasteiger partial charge in [-0.3, -0.25) is 0 Å². The quantitative estimate of drug-likeness (QED) is 0.633. The molecular weight excluding hydrogens is 290 g/mol. The van der Waals surface area contributed by atoms with Crippen LogP contribution in [0, 0.1) is 13.8 Å². The summed E-state index contributed by atoms with van der Waals surface area (Å²) in [5.41, 5.74) is 5.79. The van der Waals surface area contributed by atoms with Crippen LogP contribution < -0.4 is 10.6 Å². The summed E-state index contributed by atoms with van der Waals surface area (Å²) in [5.74, 6) is 0. The number of aromatic amines is 1. The second-order valence-electron chi connectivity index (χ2n) is 5.55. The third kappa shape index (κ3) is 3.46. The minimum absolute atomic E-state index is 0.634. The number of hydrogen-bond donors (Lipinski definition) is 3. The monoisotopic (exact) mass is 309 g/mol. The summed E-state index contributed by atoms with van der Waals surface area (Å²) in [7, 11) is 0. The third-order valence-corrected chi connectivity index (χ3v) is 3.83. The average Bonchev–Trinajstić information content (AvgIpc) is 2.87. The first-order chi connectivity index (χ1) is 10.6. The van der Waals surface area contributed by atoms with Crippen LogP contribution >= 0.6 is 12.2 Å². The fourth-order valence-electron chi connectivity index (χ4n) is 2.43. The molecule has 0 radical (unpaired) electrons. The average molecular weight is 309 g/mol. The number of rotatable bonds is 3. The van der Waals surface area contributed by atoms with Gasteiger partial charge >= 0.3 is 0 Å². The van der Waals surface area contributed by atoms with Gasteiger partial charge in [-0.2, -0.15) is 0 Å². The fraction of sp³-hybridized carbons (Fsp3) is 0.167. The molecule has 22 heavy (non-hydrogen) atoms. The predicted molar refractivity (Wildman–Crippen MR) is 97.3 cm³/mol. The van der Waals surface area contributed by atoms with Gasteiger partial charge in [0, 0.05) is 23.4 Å². The number of thiocarbonyl (C=S) groups is 1. The van der Waals surface area contributed by atoms with Crippen molar-refractivity contribution in [2.24, 2.45) is 0 Å². The zero-order valence-electron chi connectivity index (χ0n) is 12.7. The van der Waals surface area contributed by atoms with Crippen LogP contribution in [0.25, 0.3) is 10.9 Å². The molecule has 3 N–H and O–H groups in total. The van der Waals surface area contributed by atoms with Gasteiger partial charge in [0.1, 0.15) is 0 Å². The number of aryl methyl sites for hydroxylation is 2. The Kier molecular flexibility index (Phi) is 4.11. The summed E-state index contributed by atoms with van der Waals surface area (Å²) in [6.45, 7) is 4.84. The van der Waals surface area contributed by atoms with Crippen LogP contribution in [0.15, 0.2) is 48.5 Å². The van der Waals surface area contributed by atoms with Gasteiger partial charge in [-0.25, -0.2) is 0 Å². The lowest BCUT2D eigenvalue weighted by Gasteiger charge is -2.11. The second-order valence-corrected chi connectivity index (χ2v) is 5.96. The van der Waals surface area contributed by atoms with Crippen molar-refractivity contribution in [3.05, 3.63) is 65.4 Å². The Morgan fingerprint density at radius 3 is 2.59 bits per heavy atom. The molecule has 1 aromatic heterocycles. The second kappa shape index (κ2) is 6.20. The molecule has 4 heteroatoms. The van der Waals surface area contributed by atoms with Crippen molar-refractivity contribution in [1.29, 1.82) is 0 Å². The molecule has 112 valence electrons. The highest BCUT2D eigenvalue weighted by atomic mass is 32.1. The van der Waals surface area contributed by atoms with Gasteiger partial charge in [-0.1, -0.05) is 23.8 Å². The van der Waals surface area contributed by atoms with Crippen LogP contribution in [0.4, 0.5) is 5.69 Å². The van der Waals surface area contributed by atoms with Crippen LogP contribution in [0.1, 0.15) is 16.8 Å². The number of fused-ring (bicyclic) bond motifs is 1. The van der Waals surface area contributed by atoms with Crippen LogP contribution in [0.3, 0.4) is 0 Å². The van der Waals surface area contributed by atoms with E-state index in [1.165, 1.54) is 27.7 Å². The molecule has 2 aromatic carbocycles. The van der Waals surface area contributed by atoms with E-state index in [-0.39, 0.29) is 0 Å². The highest BCUT2D eigenvalue weighted by Crippen LogP contribution is 2.16. The van der Waals surface area contributed by atoms with E-state index in [1.807, 2.05) is 12.1 Å². The summed E-state index contributed by atoms with van der Waals surface area (Å²) >= 11 is 5.34. The van der Waals surface area contributed by atoms with Crippen LogP contribution in [-0.4, -0.2) is 10.1 Å². The highest BCUT2D eigenvalue weighted by molar-refractivity contribution is 7.80. The molecule has 0 spiro atoms. The molecule has 0 amide bonds. The molecule has 0 bridgehead atoms. The molecule has 3 aromatic rings. The smallest absolute Gasteiger partial charge is 0.171 e. The number of H-pyrrole nitrogens is 1. The Bertz CT molecular complexity index is 803. The number of hydrogen-bond acceptors (Lipinski definition) is 1. The van der Waals surface area contributed by atoms with Crippen LogP contribution in [0.2, 0.25) is 0 Å². The van der Waals surface area contributed by atoms with Crippen LogP contribution in [-0.2, 0) is 6.54 Å². The van der Waals surface area contributed by atoms with Crippen molar-refractivity contribution >= 4 is 33.9 Å². The van der Waals surface area contributed by atoms with Gasteiger partial charge in [0.2, 0.25) is 0 Å². The molecule has 3 nitrogen and oxygen atoms in total. The highest BCUT2D eigenvalue weighted by Gasteiger charge is 2.01. The zero-order valence-corrected chi connectivity index (χ0v) is 13.6. The van der Waals surface area contributed by atoms with Gasteiger partial charge in [0.05, 0.1) is 0 Å². The molecule has 0 unspecified atom stereocenters. The summed E-state index contributed by atoms with van der Waals surface area (Å²) in [4.78, 5) is 3.33. The fourth-order valence-corrected chi connectivity index (χ4v) is 2.62. The molecule has 0 aliphatic heterocycles. The van der Waals surface area contributed by atoms with Gasteiger partial charge in [-0.15, -0.1) is 0 Å². The molecule has 1 heterocycles. The normalized spacial score (nSPS) is 10.6. The minimum atomic E-state index is 0.634. The lowest BCUT2D eigenvalue weighted by molar-refractivity contribution is 0.928. The standard InChI is InChI=1S/C18H19N3S/c1-12-3-6-16(7-4-12)21-18(22)19-11-14-5-8-17-15(10-14)9-13(2)20-17/h3-10,20H,11H2,1-2H3,(H2,19,21,22). The van der Waals surface area contributed by atoms with E-state index in [9.17, 15) is 0 Å². The Balaban J connectivity index is 1.60. The van der Waals surface area contributed by atoms with Crippen molar-refractivity contribution in [2.75, 3.05) is 5.32 Å². The van der Waals surface area contributed by atoms with Crippen molar-refractivity contribution < 1.29 is 0 Å². The van der Waals surface area contributed by atoms with Crippen molar-refractivity contribution in [3.63, 3.8) is 0 Å². The summed E-state index contributed by atoms with van der Waals surface area (Å²) < 4.78 is 0. The number of benzene rings is 2. The Morgan fingerprint density at radius 1 is 1.05 bits per heavy atom. The first-order valence-corrected chi connectivity index (χ1v) is 7.71. The molecule has 3 rings (SSSR count). The Morgan fingerprint density at radius 2 is 1.82 bits per heavy atom. The van der Waals surface area contributed by atoms with Gasteiger partial charge < -0.3 is 15.6 Å². The predicted octanol–water partition coefficient (Wildman–Crippen LogP) is 4.27. The maximum atomic E-state index is 5.34. The first-order valence-electron chi connectivity index (χ1n) is 7.30. The molecule has 0 aliphatic rings. The Labute approximate surface area is 135 Å². The van der Waals surface area contributed by atoms with E-state index in [4.69, 9.17) is 12.2 Å².